The number of nitrogens with one attached hydrogen (secondary N) is 1. The zero-order valence-electron chi connectivity index (χ0n) is 12.9. The number of hydrogen-bond donors (Lipinski definition) is 1. The molecule has 0 atom stereocenters. The minimum atomic E-state index is -0.377. The van der Waals surface area contributed by atoms with Crippen molar-refractivity contribution in [3.05, 3.63) is 71.8 Å². The average molecular weight is 325 g/mol. The predicted octanol–water partition coefficient (Wildman–Crippen LogP) is 1.74. The molecule has 24 heavy (non-hydrogen) atoms. The van der Waals surface area contributed by atoms with Crippen molar-refractivity contribution in [2.45, 2.75) is 6.42 Å². The second-order valence-electron chi connectivity index (χ2n) is 5.44. The molecule has 6 heteroatoms. The number of hydrogen-bond acceptors (Lipinski definition) is 4. The molecule has 2 aliphatic rings. The molecule has 0 saturated carbocycles. The fourth-order valence-electron chi connectivity index (χ4n) is 2.38. The maximum Gasteiger partial charge on any atom is 0.270 e. The van der Waals surface area contributed by atoms with Gasteiger partial charge in [0.1, 0.15) is 17.3 Å². The van der Waals surface area contributed by atoms with Crippen molar-refractivity contribution in [2.75, 3.05) is 13.1 Å². The molecular formula is C18H16FN3O2. The molecule has 3 rings (SSSR count). The Hall–Kier alpha value is -3.02. The smallest absolute Gasteiger partial charge is 0.270 e. The Labute approximate surface area is 138 Å². The number of carbonyl (C=O) groups excluding carboxylic acids is 2. The first kappa shape index (κ1) is 15.9. The molecule has 0 unspecified atom stereocenters. The minimum Gasteiger partial charge on any atom is -0.344 e. The van der Waals surface area contributed by atoms with Gasteiger partial charge in [0, 0.05) is 19.2 Å². The molecule has 2 aliphatic heterocycles. The Kier molecular flexibility index (Phi) is 4.65. The van der Waals surface area contributed by atoms with E-state index in [0.717, 1.165) is 0 Å². The molecule has 1 aromatic carbocycles. The van der Waals surface area contributed by atoms with Gasteiger partial charge >= 0.3 is 0 Å². The lowest BCUT2D eigenvalue weighted by molar-refractivity contribution is -0.122. The number of nitrogens with zero attached hydrogens (tertiary/aromatic N) is 2. The number of benzene rings is 1. The summed E-state index contributed by atoms with van der Waals surface area (Å²) in [4.78, 5) is 30.2. The molecule has 122 valence electrons. The predicted molar refractivity (Wildman–Crippen MR) is 88.6 cm³/mol. The van der Waals surface area contributed by atoms with Gasteiger partial charge in [0.05, 0.1) is 6.54 Å². The summed E-state index contributed by atoms with van der Waals surface area (Å²) in [5, 5.41) is 2.58. The topological polar surface area (TPSA) is 61.8 Å². The minimum absolute atomic E-state index is 0.0855. The Bertz CT molecular complexity index is 776. The van der Waals surface area contributed by atoms with Gasteiger partial charge in [0.15, 0.2) is 5.78 Å². The summed E-state index contributed by atoms with van der Waals surface area (Å²) in [5.41, 5.74) is 1.01. The van der Waals surface area contributed by atoms with Crippen LogP contribution in [-0.2, 0) is 16.0 Å². The zero-order chi connectivity index (χ0) is 16.9. The van der Waals surface area contributed by atoms with E-state index in [0.29, 0.717) is 23.6 Å². The highest BCUT2D eigenvalue weighted by molar-refractivity contribution is 6.03. The second-order valence-corrected chi connectivity index (χ2v) is 5.44. The van der Waals surface area contributed by atoms with Crippen molar-refractivity contribution in [3.63, 3.8) is 0 Å². The van der Waals surface area contributed by atoms with E-state index in [9.17, 15) is 14.0 Å². The maximum atomic E-state index is 12.8. The van der Waals surface area contributed by atoms with E-state index in [1.165, 1.54) is 12.1 Å². The van der Waals surface area contributed by atoms with Crippen LogP contribution in [0.5, 0.6) is 0 Å². The highest BCUT2D eigenvalue weighted by Crippen LogP contribution is 2.12. The van der Waals surface area contributed by atoms with Gasteiger partial charge in [0.25, 0.3) is 5.91 Å². The number of rotatable bonds is 5. The summed E-state index contributed by atoms with van der Waals surface area (Å²) in [6.45, 7) is 0.476. The van der Waals surface area contributed by atoms with Crippen molar-refractivity contribution in [1.29, 1.82) is 0 Å². The van der Waals surface area contributed by atoms with Crippen LogP contribution in [0.2, 0.25) is 0 Å². The van der Waals surface area contributed by atoms with Crippen molar-refractivity contribution in [3.8, 4) is 0 Å². The van der Waals surface area contributed by atoms with Gasteiger partial charge in [-0.25, -0.2) is 9.38 Å². The van der Waals surface area contributed by atoms with Crippen LogP contribution in [-0.4, -0.2) is 35.5 Å². The lowest BCUT2D eigenvalue weighted by Gasteiger charge is -2.24. The molecule has 0 saturated heterocycles. The molecule has 1 amide bonds. The van der Waals surface area contributed by atoms with E-state index in [1.807, 2.05) is 29.3 Å². The van der Waals surface area contributed by atoms with Gasteiger partial charge in [-0.2, -0.15) is 0 Å². The number of carbonyl (C=O) groups is 2. The van der Waals surface area contributed by atoms with E-state index >= 15 is 0 Å². The van der Waals surface area contributed by atoms with Crippen LogP contribution >= 0.6 is 0 Å². The van der Waals surface area contributed by atoms with Gasteiger partial charge < -0.3 is 10.2 Å². The van der Waals surface area contributed by atoms with Crippen LogP contribution in [0.3, 0.4) is 0 Å². The number of Topliss-reactive ketones (excluding diaryl/α,β-unsaturated/α-hetero) is 1. The summed E-state index contributed by atoms with van der Waals surface area (Å²) in [6, 6.07) is 5.73. The Balaban J connectivity index is 1.52. The van der Waals surface area contributed by atoms with Gasteiger partial charge in [-0.3, -0.25) is 9.59 Å². The highest BCUT2D eigenvalue weighted by Gasteiger charge is 2.18. The number of amidine groups is 1. The molecule has 0 spiro atoms. The molecule has 0 aromatic heterocycles. The standard InChI is InChI=1S/C18H16FN3O2/c19-14-6-4-13(5-7-14)11-15(23)12-20-18(24)16-8-10-22-9-2-1-3-17(22)21-16/h1-9H,10-12H2,(H,20,24). The zero-order valence-corrected chi connectivity index (χ0v) is 12.9. The molecule has 2 heterocycles. The fourth-order valence-corrected chi connectivity index (χ4v) is 2.38. The number of halogens is 1. The Morgan fingerprint density at radius 3 is 2.79 bits per heavy atom. The lowest BCUT2D eigenvalue weighted by Crippen LogP contribution is -2.35. The van der Waals surface area contributed by atoms with Gasteiger partial charge in [-0.15, -0.1) is 0 Å². The first-order valence-electron chi connectivity index (χ1n) is 7.56. The third-order valence-electron chi connectivity index (χ3n) is 3.63. The monoisotopic (exact) mass is 325 g/mol. The first-order valence-corrected chi connectivity index (χ1v) is 7.56. The van der Waals surface area contributed by atoms with Crippen LogP contribution in [0, 0.1) is 5.82 Å². The third kappa shape index (κ3) is 3.84. The molecular weight excluding hydrogens is 309 g/mol. The first-order chi connectivity index (χ1) is 11.6. The molecule has 1 aromatic rings. The van der Waals surface area contributed by atoms with Crippen LogP contribution in [0.15, 0.2) is 65.5 Å². The fraction of sp³-hybridized carbons (Fsp3) is 0.167. The number of allylic oxidation sites excluding steroid dienone is 2. The summed E-state index contributed by atoms with van der Waals surface area (Å²) >= 11 is 0. The van der Waals surface area contributed by atoms with Crippen molar-refractivity contribution < 1.29 is 14.0 Å². The number of aliphatic imine (C=N–C) groups is 1. The Morgan fingerprint density at radius 2 is 2.00 bits per heavy atom. The summed E-state index contributed by atoms with van der Waals surface area (Å²) in [5.74, 6) is -0.176. The normalized spacial score (nSPS) is 15.5. The van der Waals surface area contributed by atoms with Crippen LogP contribution in [0.1, 0.15) is 5.56 Å². The van der Waals surface area contributed by atoms with E-state index in [2.05, 4.69) is 10.3 Å². The maximum absolute atomic E-state index is 12.8. The quantitative estimate of drug-likeness (QED) is 0.897. The molecule has 0 aliphatic carbocycles. The van der Waals surface area contributed by atoms with E-state index in [1.54, 1.807) is 18.2 Å². The van der Waals surface area contributed by atoms with Crippen molar-refractivity contribution in [1.82, 2.24) is 10.2 Å². The molecule has 0 bridgehead atoms. The van der Waals surface area contributed by atoms with E-state index in [4.69, 9.17) is 0 Å². The average Bonchev–Trinajstić information content (AvgIpc) is 2.61. The van der Waals surface area contributed by atoms with Crippen LogP contribution in [0.25, 0.3) is 0 Å². The Morgan fingerprint density at radius 1 is 1.21 bits per heavy atom. The molecule has 5 nitrogen and oxygen atoms in total. The third-order valence-corrected chi connectivity index (χ3v) is 3.63. The molecule has 1 N–H and O–H groups in total. The number of fused-ring (bicyclic) bond motifs is 1. The van der Waals surface area contributed by atoms with E-state index < -0.39 is 0 Å². The highest BCUT2D eigenvalue weighted by atomic mass is 19.1. The lowest BCUT2D eigenvalue weighted by atomic mass is 10.1. The summed E-state index contributed by atoms with van der Waals surface area (Å²) in [6.07, 6.45) is 9.31. The number of ketones is 1. The van der Waals surface area contributed by atoms with Crippen LogP contribution < -0.4 is 5.32 Å². The SMILES string of the molecule is O=C(CNC(=O)C1=CCN2C=CC=CC2=N1)Cc1ccc(F)cc1. The largest absolute Gasteiger partial charge is 0.344 e. The van der Waals surface area contributed by atoms with Crippen molar-refractivity contribution >= 4 is 17.5 Å². The van der Waals surface area contributed by atoms with Crippen molar-refractivity contribution in [2.24, 2.45) is 4.99 Å². The van der Waals surface area contributed by atoms with Gasteiger partial charge in [0.2, 0.25) is 0 Å². The molecule has 0 radical (unpaired) electrons. The summed E-state index contributed by atoms with van der Waals surface area (Å²) in [7, 11) is 0. The van der Waals surface area contributed by atoms with Gasteiger partial charge in [-0.1, -0.05) is 18.2 Å². The second kappa shape index (κ2) is 7.04. The van der Waals surface area contributed by atoms with Gasteiger partial charge in [-0.05, 0) is 35.9 Å². The number of amides is 1. The van der Waals surface area contributed by atoms with Crippen LogP contribution in [0.4, 0.5) is 4.39 Å². The van der Waals surface area contributed by atoms with E-state index in [-0.39, 0.29) is 30.5 Å². The molecule has 0 fully saturated rings. The summed E-state index contributed by atoms with van der Waals surface area (Å²) < 4.78 is 12.8.